The molecule has 0 bridgehead atoms. The number of aryl methyl sites for hydroxylation is 1. The summed E-state index contributed by atoms with van der Waals surface area (Å²) in [5, 5.41) is 16.2. The van der Waals surface area contributed by atoms with Gasteiger partial charge in [-0.3, -0.25) is 4.79 Å². The molecule has 7 nitrogen and oxygen atoms in total. The van der Waals surface area contributed by atoms with Crippen LogP contribution in [0.3, 0.4) is 0 Å². The van der Waals surface area contributed by atoms with Gasteiger partial charge in [0.15, 0.2) is 0 Å². The summed E-state index contributed by atoms with van der Waals surface area (Å²) >= 11 is 0. The largest absolute Gasteiger partial charge is 0.361 e. The SMILES string of the molecule is Cc1cc(C(=O)Nc2cccc(C#N)c2)nc(NCCc2c[nH]c3ccccc23)n1. The number of hydrogen-bond donors (Lipinski definition) is 3. The molecular formula is C23H20N6O. The Hall–Kier alpha value is -4.18. The van der Waals surface area contributed by atoms with Crippen LogP contribution in [0.5, 0.6) is 0 Å². The fourth-order valence-electron chi connectivity index (χ4n) is 3.27. The lowest BCUT2D eigenvalue weighted by molar-refractivity contribution is 0.102. The minimum Gasteiger partial charge on any atom is -0.361 e. The first kappa shape index (κ1) is 19.2. The number of para-hydroxylation sites is 1. The van der Waals surface area contributed by atoms with Crippen molar-refractivity contribution in [3.63, 3.8) is 0 Å². The van der Waals surface area contributed by atoms with Gasteiger partial charge >= 0.3 is 0 Å². The van der Waals surface area contributed by atoms with Crippen LogP contribution in [0.4, 0.5) is 11.6 Å². The van der Waals surface area contributed by atoms with Crippen LogP contribution in [0.2, 0.25) is 0 Å². The summed E-state index contributed by atoms with van der Waals surface area (Å²) < 4.78 is 0. The fraction of sp³-hybridized carbons (Fsp3) is 0.130. The highest BCUT2D eigenvalue weighted by molar-refractivity contribution is 6.03. The van der Waals surface area contributed by atoms with Crippen molar-refractivity contribution in [2.45, 2.75) is 13.3 Å². The van der Waals surface area contributed by atoms with Crippen molar-refractivity contribution in [1.29, 1.82) is 5.26 Å². The van der Waals surface area contributed by atoms with E-state index in [1.807, 2.05) is 31.3 Å². The Balaban J connectivity index is 1.43. The predicted octanol–water partition coefficient (Wildman–Crippen LogP) is 4.04. The normalized spacial score (nSPS) is 10.5. The zero-order chi connectivity index (χ0) is 20.9. The summed E-state index contributed by atoms with van der Waals surface area (Å²) in [6, 6.07) is 18.6. The molecule has 0 fully saturated rings. The van der Waals surface area contributed by atoms with Crippen molar-refractivity contribution in [3.05, 3.63) is 83.3 Å². The summed E-state index contributed by atoms with van der Waals surface area (Å²) in [7, 11) is 0. The average molecular weight is 396 g/mol. The van der Waals surface area contributed by atoms with E-state index >= 15 is 0 Å². The number of benzene rings is 2. The van der Waals surface area contributed by atoms with E-state index in [0.29, 0.717) is 29.4 Å². The van der Waals surface area contributed by atoms with Gasteiger partial charge in [0.25, 0.3) is 5.91 Å². The molecule has 30 heavy (non-hydrogen) atoms. The van der Waals surface area contributed by atoms with E-state index in [1.54, 1.807) is 30.3 Å². The number of anilines is 2. The molecule has 1 amide bonds. The third kappa shape index (κ3) is 4.28. The van der Waals surface area contributed by atoms with E-state index < -0.39 is 0 Å². The number of aromatic nitrogens is 3. The third-order valence-electron chi connectivity index (χ3n) is 4.69. The number of carbonyl (C=O) groups is 1. The molecule has 7 heteroatoms. The second-order valence-corrected chi connectivity index (χ2v) is 6.90. The topological polar surface area (TPSA) is 106 Å². The van der Waals surface area contributed by atoms with Crippen LogP contribution >= 0.6 is 0 Å². The number of H-pyrrole nitrogens is 1. The van der Waals surface area contributed by atoms with E-state index in [4.69, 9.17) is 5.26 Å². The third-order valence-corrected chi connectivity index (χ3v) is 4.69. The second-order valence-electron chi connectivity index (χ2n) is 6.90. The molecule has 2 aromatic heterocycles. The zero-order valence-corrected chi connectivity index (χ0v) is 16.4. The van der Waals surface area contributed by atoms with Crippen LogP contribution in [-0.2, 0) is 6.42 Å². The van der Waals surface area contributed by atoms with Crippen molar-refractivity contribution in [3.8, 4) is 6.07 Å². The lowest BCUT2D eigenvalue weighted by Crippen LogP contribution is -2.17. The molecule has 4 aromatic rings. The first-order chi connectivity index (χ1) is 14.6. The van der Waals surface area contributed by atoms with Crippen LogP contribution in [0.25, 0.3) is 10.9 Å². The summed E-state index contributed by atoms with van der Waals surface area (Å²) in [5.74, 6) is 0.0565. The summed E-state index contributed by atoms with van der Waals surface area (Å²) in [6.45, 7) is 2.45. The van der Waals surface area contributed by atoms with Gasteiger partial charge < -0.3 is 15.6 Å². The maximum atomic E-state index is 12.6. The minimum atomic E-state index is -0.352. The molecular weight excluding hydrogens is 376 g/mol. The van der Waals surface area contributed by atoms with Gasteiger partial charge in [-0.25, -0.2) is 9.97 Å². The standard InChI is InChI=1S/C23H20N6O/c1-15-11-21(22(30)28-18-6-4-5-16(12-18)13-24)29-23(27-15)25-10-9-17-14-26-20-8-3-2-7-19(17)20/h2-8,11-12,14,26H,9-10H2,1H3,(H,28,30)(H,25,27,29). The highest BCUT2D eigenvalue weighted by Crippen LogP contribution is 2.18. The first-order valence-electron chi connectivity index (χ1n) is 9.58. The molecule has 0 aliphatic heterocycles. The Kier molecular flexibility index (Phi) is 5.39. The van der Waals surface area contributed by atoms with Gasteiger partial charge in [0, 0.05) is 35.0 Å². The Morgan fingerprint density at radius 1 is 1.13 bits per heavy atom. The van der Waals surface area contributed by atoms with Crippen LogP contribution in [-0.4, -0.2) is 27.4 Å². The molecule has 0 saturated carbocycles. The monoisotopic (exact) mass is 396 g/mol. The number of aromatic amines is 1. The smallest absolute Gasteiger partial charge is 0.274 e. The van der Waals surface area contributed by atoms with Gasteiger partial charge in [-0.15, -0.1) is 0 Å². The summed E-state index contributed by atoms with van der Waals surface area (Å²) in [5.41, 5.74) is 4.30. The van der Waals surface area contributed by atoms with E-state index in [-0.39, 0.29) is 11.6 Å². The van der Waals surface area contributed by atoms with Gasteiger partial charge in [-0.1, -0.05) is 24.3 Å². The first-order valence-corrected chi connectivity index (χ1v) is 9.58. The Bertz CT molecular complexity index is 1250. The van der Waals surface area contributed by atoms with Crippen molar-refractivity contribution < 1.29 is 4.79 Å². The lowest BCUT2D eigenvalue weighted by Gasteiger charge is -2.09. The number of carbonyl (C=O) groups excluding carboxylic acids is 1. The number of nitriles is 1. The average Bonchev–Trinajstić information content (AvgIpc) is 3.17. The van der Waals surface area contributed by atoms with E-state index in [2.05, 4.69) is 37.7 Å². The Labute approximate surface area is 173 Å². The minimum absolute atomic E-state index is 0.263. The number of nitrogens with one attached hydrogen (secondary N) is 3. The van der Waals surface area contributed by atoms with Crippen LogP contribution in [0, 0.1) is 18.3 Å². The molecule has 2 aromatic carbocycles. The lowest BCUT2D eigenvalue weighted by atomic mass is 10.1. The molecule has 148 valence electrons. The molecule has 3 N–H and O–H groups in total. The van der Waals surface area contributed by atoms with Crippen molar-refractivity contribution in [1.82, 2.24) is 15.0 Å². The van der Waals surface area contributed by atoms with Gasteiger partial charge in [0.1, 0.15) is 5.69 Å². The number of hydrogen-bond acceptors (Lipinski definition) is 5. The predicted molar refractivity (Wildman–Crippen MR) is 116 cm³/mol. The Morgan fingerprint density at radius 3 is 2.87 bits per heavy atom. The zero-order valence-electron chi connectivity index (χ0n) is 16.4. The van der Waals surface area contributed by atoms with E-state index in [1.165, 1.54) is 10.9 Å². The van der Waals surface area contributed by atoms with Crippen LogP contribution < -0.4 is 10.6 Å². The molecule has 0 aliphatic rings. The highest BCUT2D eigenvalue weighted by atomic mass is 16.1. The maximum absolute atomic E-state index is 12.6. The molecule has 0 radical (unpaired) electrons. The van der Waals surface area contributed by atoms with Crippen molar-refractivity contribution in [2.75, 3.05) is 17.2 Å². The summed E-state index contributed by atoms with van der Waals surface area (Å²) in [4.78, 5) is 24.6. The molecule has 2 heterocycles. The number of amides is 1. The van der Waals surface area contributed by atoms with Gasteiger partial charge in [-0.2, -0.15) is 5.26 Å². The van der Waals surface area contributed by atoms with Gasteiger partial charge in [0.05, 0.1) is 11.6 Å². The van der Waals surface area contributed by atoms with Gasteiger partial charge in [0.2, 0.25) is 5.95 Å². The number of rotatable bonds is 6. The molecule has 0 atom stereocenters. The molecule has 4 rings (SSSR count). The second kappa shape index (κ2) is 8.45. The highest BCUT2D eigenvalue weighted by Gasteiger charge is 2.12. The Morgan fingerprint density at radius 2 is 2.00 bits per heavy atom. The maximum Gasteiger partial charge on any atom is 0.274 e. The van der Waals surface area contributed by atoms with Gasteiger partial charge in [-0.05, 0) is 49.2 Å². The van der Waals surface area contributed by atoms with Crippen molar-refractivity contribution in [2.24, 2.45) is 0 Å². The number of nitrogens with zero attached hydrogens (tertiary/aromatic N) is 3. The number of fused-ring (bicyclic) bond motifs is 1. The summed E-state index contributed by atoms with van der Waals surface area (Å²) in [6.07, 6.45) is 2.81. The molecule has 0 saturated heterocycles. The van der Waals surface area contributed by atoms with E-state index in [0.717, 1.165) is 11.9 Å². The van der Waals surface area contributed by atoms with Crippen LogP contribution in [0.1, 0.15) is 27.3 Å². The quantitative estimate of drug-likeness (QED) is 0.456. The molecule has 0 spiro atoms. The van der Waals surface area contributed by atoms with Crippen molar-refractivity contribution >= 4 is 28.4 Å². The molecule has 0 unspecified atom stereocenters. The molecule has 0 aliphatic carbocycles. The fourth-order valence-corrected chi connectivity index (χ4v) is 3.27. The van der Waals surface area contributed by atoms with E-state index in [9.17, 15) is 4.79 Å². The van der Waals surface area contributed by atoms with Crippen LogP contribution in [0.15, 0.2) is 60.8 Å².